The largest absolute Gasteiger partial charge is 0.444 e. The van der Waals surface area contributed by atoms with E-state index in [1.54, 1.807) is 11.3 Å². The number of ether oxygens (including phenoxy) is 2. The van der Waals surface area contributed by atoms with E-state index in [-0.39, 0.29) is 11.6 Å². The molecule has 4 heterocycles. The van der Waals surface area contributed by atoms with Gasteiger partial charge in [-0.2, -0.15) is 4.98 Å². The van der Waals surface area contributed by atoms with Gasteiger partial charge >= 0.3 is 6.09 Å². The first-order valence-corrected chi connectivity index (χ1v) is 21.7. The predicted octanol–water partition coefficient (Wildman–Crippen LogP) is 9.96. The number of aromatic nitrogens is 4. The third-order valence-corrected chi connectivity index (χ3v) is 13.0. The van der Waals surface area contributed by atoms with E-state index >= 15 is 0 Å². The Morgan fingerprint density at radius 2 is 1.77 bits per heavy atom. The highest BCUT2D eigenvalue weighted by Gasteiger charge is 2.27. The van der Waals surface area contributed by atoms with Crippen molar-refractivity contribution in [1.82, 2.24) is 29.2 Å². The Labute approximate surface area is 340 Å². The van der Waals surface area contributed by atoms with Crippen molar-refractivity contribution in [2.75, 3.05) is 32.8 Å². The molecule has 10 nitrogen and oxygen atoms in total. The summed E-state index contributed by atoms with van der Waals surface area (Å²) in [4.78, 5) is 38.9. The van der Waals surface area contributed by atoms with Gasteiger partial charge in [-0.1, -0.05) is 49.2 Å². The van der Waals surface area contributed by atoms with Crippen molar-refractivity contribution in [3.63, 3.8) is 0 Å². The summed E-state index contributed by atoms with van der Waals surface area (Å²) < 4.78 is 17.1. The molecule has 1 atom stereocenters. The van der Waals surface area contributed by atoms with Gasteiger partial charge in [-0.05, 0) is 136 Å². The Balaban J connectivity index is 0.898. The molecule has 1 amide bonds. The quantitative estimate of drug-likeness (QED) is 0.130. The third kappa shape index (κ3) is 8.16. The summed E-state index contributed by atoms with van der Waals surface area (Å²) in [7, 11) is 0. The highest BCUT2D eigenvalue weighted by Crippen LogP contribution is 2.38. The second-order valence-corrected chi connectivity index (χ2v) is 18.1. The second-order valence-electron chi connectivity index (χ2n) is 16.4. The van der Waals surface area contributed by atoms with E-state index in [1.807, 2.05) is 51.4 Å². The smallest absolute Gasteiger partial charge is 0.408 e. The summed E-state index contributed by atoms with van der Waals surface area (Å²) in [6.45, 7) is 11.6. The van der Waals surface area contributed by atoms with E-state index in [0.29, 0.717) is 30.6 Å². The SMILES string of the molecule is Cc1ncsc1-c1ccc([C@H](COCCCN2CCC(c3ccc4c(c3)n(C3CCCC3)c3nc(=O)c5c(Br)cccc5n43)CC2)NC(=O)OC(C)(C)C)cc1. The van der Waals surface area contributed by atoms with Gasteiger partial charge in [0, 0.05) is 23.7 Å². The molecule has 0 bridgehead atoms. The average molecular weight is 840 g/mol. The molecule has 1 saturated carbocycles. The monoisotopic (exact) mass is 838 g/mol. The van der Waals surface area contributed by atoms with Crippen LogP contribution in [0.5, 0.6) is 0 Å². The Morgan fingerprint density at radius 1 is 1.00 bits per heavy atom. The van der Waals surface area contributed by atoms with Crippen molar-refractivity contribution in [2.45, 2.75) is 96.2 Å². The summed E-state index contributed by atoms with van der Waals surface area (Å²) in [5.41, 5.74) is 8.74. The summed E-state index contributed by atoms with van der Waals surface area (Å²) in [5, 5.41) is 3.67. The Hall–Kier alpha value is -4.10. The Morgan fingerprint density at radius 3 is 2.48 bits per heavy atom. The van der Waals surface area contributed by atoms with Gasteiger partial charge in [-0.3, -0.25) is 9.20 Å². The number of thiazole rings is 1. The number of halogens is 1. The van der Waals surface area contributed by atoms with Gasteiger partial charge in [0.1, 0.15) is 5.60 Å². The number of nitrogens with zero attached hydrogens (tertiary/aromatic N) is 5. The van der Waals surface area contributed by atoms with Crippen LogP contribution >= 0.6 is 27.3 Å². The van der Waals surface area contributed by atoms with Crippen molar-refractivity contribution in [2.24, 2.45) is 0 Å². The van der Waals surface area contributed by atoms with Crippen LogP contribution in [0.1, 0.15) is 101 Å². The highest BCUT2D eigenvalue weighted by molar-refractivity contribution is 9.10. The topological polar surface area (TPSA) is 103 Å². The molecule has 0 spiro atoms. The maximum atomic E-state index is 13.3. The number of aryl methyl sites for hydroxylation is 1. The number of fused-ring (bicyclic) bond motifs is 5. The molecule has 6 aromatic rings. The fourth-order valence-electron chi connectivity index (χ4n) is 8.62. The van der Waals surface area contributed by atoms with Gasteiger partial charge in [0.05, 0.1) is 50.7 Å². The van der Waals surface area contributed by atoms with Crippen LogP contribution in [-0.4, -0.2) is 68.4 Å². The number of likely N-dealkylation sites (tertiary alicyclic amines) is 1. The van der Waals surface area contributed by atoms with Crippen molar-refractivity contribution in [3.8, 4) is 10.4 Å². The second kappa shape index (κ2) is 16.4. The minimum Gasteiger partial charge on any atom is -0.444 e. The molecule has 1 aliphatic heterocycles. The number of piperidine rings is 1. The molecule has 2 aliphatic rings. The number of rotatable bonds is 11. The molecule has 0 radical (unpaired) electrons. The highest BCUT2D eigenvalue weighted by atomic mass is 79.9. The number of alkyl carbamates (subject to hydrolysis) is 1. The normalized spacial score (nSPS) is 16.7. The lowest BCUT2D eigenvalue weighted by atomic mass is 9.89. The predicted molar refractivity (Wildman–Crippen MR) is 228 cm³/mol. The van der Waals surface area contributed by atoms with E-state index in [1.165, 1.54) is 23.9 Å². The van der Waals surface area contributed by atoms with Crippen molar-refractivity contribution >= 4 is 61.1 Å². The van der Waals surface area contributed by atoms with E-state index in [0.717, 1.165) is 94.7 Å². The molecule has 3 aromatic heterocycles. The molecular formula is C44H51BrN6O4S. The fourth-order valence-corrected chi connectivity index (χ4v) is 9.96. The van der Waals surface area contributed by atoms with Crippen LogP contribution in [0.25, 0.3) is 38.2 Å². The van der Waals surface area contributed by atoms with Crippen LogP contribution in [0.2, 0.25) is 0 Å². The average Bonchev–Trinajstić information content (AvgIpc) is 3.93. The molecule has 56 heavy (non-hydrogen) atoms. The van der Waals surface area contributed by atoms with Crippen molar-refractivity contribution in [1.29, 1.82) is 0 Å². The summed E-state index contributed by atoms with van der Waals surface area (Å²) in [6.07, 6.45) is 7.28. The van der Waals surface area contributed by atoms with Gasteiger partial charge in [0.15, 0.2) is 0 Å². The lowest BCUT2D eigenvalue weighted by Gasteiger charge is -2.32. The number of amides is 1. The standard InChI is InChI=1S/C44H51BrN6O4S/c1-28-40(56-27-46-28)31-15-13-30(14-16-31)35(47-43(53)55-44(2,3)4)26-54-24-8-21-49-22-19-29(20-23-49)32-17-18-36-38(25-32)50(33-9-5-6-10-33)42-48-41(52)39-34(45)11-7-12-37(39)51(36)42/h7,11-18,25,27,29,33,35H,5-6,8-10,19-24,26H2,1-4H3,(H,47,53)/t35-/m0/s1. The first-order chi connectivity index (χ1) is 27.0. The molecule has 12 heteroatoms. The van der Waals surface area contributed by atoms with E-state index in [2.05, 4.69) is 82.6 Å². The number of imidazole rings is 1. The van der Waals surface area contributed by atoms with Gasteiger partial charge in [0.2, 0.25) is 5.78 Å². The zero-order valence-corrected chi connectivity index (χ0v) is 35.1. The maximum absolute atomic E-state index is 13.3. The molecule has 1 aliphatic carbocycles. The van der Waals surface area contributed by atoms with Crippen molar-refractivity contribution < 1.29 is 14.3 Å². The fraction of sp³-hybridized carbons (Fsp3) is 0.455. The van der Waals surface area contributed by atoms with Crippen LogP contribution in [-0.2, 0) is 9.47 Å². The zero-order valence-electron chi connectivity index (χ0n) is 32.7. The van der Waals surface area contributed by atoms with Crippen LogP contribution in [0.4, 0.5) is 4.79 Å². The molecule has 8 rings (SSSR count). The third-order valence-electron chi connectivity index (χ3n) is 11.4. The molecule has 2 fully saturated rings. The van der Waals surface area contributed by atoms with Crippen molar-refractivity contribution in [3.05, 3.63) is 97.8 Å². The van der Waals surface area contributed by atoms with Crippen LogP contribution in [0.15, 0.2) is 75.4 Å². The summed E-state index contributed by atoms with van der Waals surface area (Å²) in [5.74, 6) is 1.23. The minimum atomic E-state index is -0.592. The summed E-state index contributed by atoms with van der Waals surface area (Å²) in [6, 6.07) is 21.2. The zero-order chi connectivity index (χ0) is 39.0. The minimum absolute atomic E-state index is 0.183. The first-order valence-electron chi connectivity index (χ1n) is 20.0. The van der Waals surface area contributed by atoms with E-state index < -0.39 is 11.7 Å². The Kier molecular flexibility index (Phi) is 11.4. The van der Waals surface area contributed by atoms with Gasteiger partial charge in [0.25, 0.3) is 5.56 Å². The maximum Gasteiger partial charge on any atom is 0.408 e. The van der Waals surface area contributed by atoms with E-state index in [9.17, 15) is 9.59 Å². The molecule has 1 N–H and O–H groups in total. The first kappa shape index (κ1) is 38.8. The number of carbonyl (C=O) groups excluding carboxylic acids is 1. The Bertz CT molecular complexity index is 2400. The van der Waals surface area contributed by atoms with Crippen LogP contribution in [0.3, 0.4) is 0 Å². The van der Waals surface area contributed by atoms with Crippen LogP contribution < -0.4 is 10.9 Å². The molecule has 294 valence electrons. The lowest BCUT2D eigenvalue weighted by Crippen LogP contribution is -2.37. The number of hydrogen-bond donors (Lipinski definition) is 1. The lowest BCUT2D eigenvalue weighted by molar-refractivity contribution is 0.0432. The number of carbonyl (C=O) groups is 1. The molecule has 0 unspecified atom stereocenters. The number of hydrogen-bond acceptors (Lipinski definition) is 8. The van der Waals surface area contributed by atoms with Crippen LogP contribution in [0, 0.1) is 6.92 Å². The summed E-state index contributed by atoms with van der Waals surface area (Å²) >= 11 is 5.24. The molecule has 3 aromatic carbocycles. The number of nitrogens with one attached hydrogen (secondary N) is 1. The van der Waals surface area contributed by atoms with Gasteiger partial charge in [-0.25, -0.2) is 9.78 Å². The number of benzene rings is 3. The van der Waals surface area contributed by atoms with E-state index in [4.69, 9.17) is 14.5 Å². The van der Waals surface area contributed by atoms with Gasteiger partial charge < -0.3 is 24.3 Å². The molecular weight excluding hydrogens is 788 g/mol. The van der Waals surface area contributed by atoms with Gasteiger partial charge in [-0.15, -0.1) is 11.3 Å². The molecule has 1 saturated heterocycles.